The van der Waals surface area contributed by atoms with Crippen LogP contribution in [0.25, 0.3) is 0 Å². The highest BCUT2D eigenvalue weighted by Crippen LogP contribution is 2.30. The molecule has 1 heterocycles. The Balaban J connectivity index is 0.00000676. The summed E-state index contributed by atoms with van der Waals surface area (Å²) in [7, 11) is 0. The number of amides is 1. The number of nitrogens with one attached hydrogen (secondary N) is 3. The van der Waals surface area contributed by atoms with Crippen LogP contribution in [0.15, 0.2) is 10.4 Å². The van der Waals surface area contributed by atoms with Gasteiger partial charge in [-0.1, -0.05) is 6.92 Å². The molecule has 27 heavy (non-hydrogen) atoms. The van der Waals surface area contributed by atoms with Crippen LogP contribution in [0.1, 0.15) is 44.3 Å². The van der Waals surface area contributed by atoms with Crippen LogP contribution in [-0.2, 0) is 17.4 Å². The quantitative estimate of drug-likeness (QED) is 0.265. The van der Waals surface area contributed by atoms with Crippen molar-refractivity contribution in [1.82, 2.24) is 20.9 Å². The van der Waals surface area contributed by atoms with Crippen LogP contribution in [0.4, 0.5) is 13.2 Å². The summed E-state index contributed by atoms with van der Waals surface area (Å²) in [5.74, 6) is 0.488. The molecule has 0 aromatic carbocycles. The Morgan fingerprint density at radius 3 is 2.59 bits per heavy atom. The zero-order valence-electron chi connectivity index (χ0n) is 15.7. The van der Waals surface area contributed by atoms with Crippen molar-refractivity contribution in [2.45, 2.75) is 52.3 Å². The average molecular weight is 521 g/mol. The van der Waals surface area contributed by atoms with Gasteiger partial charge in [-0.15, -0.1) is 35.3 Å². The van der Waals surface area contributed by atoms with Crippen molar-refractivity contribution in [1.29, 1.82) is 0 Å². The molecule has 0 aliphatic heterocycles. The fraction of sp³-hybridized carbons (Fsp3) is 0.688. The van der Waals surface area contributed by atoms with Crippen molar-refractivity contribution in [3.63, 3.8) is 0 Å². The number of aliphatic imine (C=N–C) groups is 1. The van der Waals surface area contributed by atoms with Crippen molar-refractivity contribution >= 4 is 47.2 Å². The Morgan fingerprint density at radius 1 is 1.33 bits per heavy atom. The van der Waals surface area contributed by atoms with Crippen LogP contribution in [0.5, 0.6) is 0 Å². The second-order valence-electron chi connectivity index (χ2n) is 5.69. The van der Waals surface area contributed by atoms with Crippen molar-refractivity contribution < 1.29 is 18.0 Å². The SMILES string of the molecule is CCNC(=NCCc1nc(C(F)(F)F)cs1)NCCC(=O)NC(C)CC.I. The van der Waals surface area contributed by atoms with Gasteiger partial charge in [-0.05, 0) is 20.3 Å². The second-order valence-corrected chi connectivity index (χ2v) is 6.63. The van der Waals surface area contributed by atoms with E-state index in [1.54, 1.807) is 0 Å². The summed E-state index contributed by atoms with van der Waals surface area (Å²) < 4.78 is 37.6. The molecule has 6 nitrogen and oxygen atoms in total. The lowest BCUT2D eigenvalue weighted by molar-refractivity contribution is -0.140. The summed E-state index contributed by atoms with van der Waals surface area (Å²) in [4.78, 5) is 19.6. The molecule has 1 unspecified atom stereocenters. The molecule has 0 aliphatic rings. The number of halogens is 4. The molecule has 1 aromatic heterocycles. The maximum atomic E-state index is 12.5. The topological polar surface area (TPSA) is 78.4 Å². The summed E-state index contributed by atoms with van der Waals surface area (Å²) in [5.41, 5.74) is -0.862. The molecule has 0 radical (unpaired) electrons. The molecule has 0 bridgehead atoms. The minimum atomic E-state index is -4.41. The maximum absolute atomic E-state index is 12.5. The van der Waals surface area contributed by atoms with Crippen LogP contribution in [0.2, 0.25) is 0 Å². The zero-order valence-corrected chi connectivity index (χ0v) is 18.8. The Labute approximate surface area is 178 Å². The first-order chi connectivity index (χ1) is 12.3. The van der Waals surface area contributed by atoms with Crippen molar-refractivity contribution in [2.75, 3.05) is 19.6 Å². The number of rotatable bonds is 9. The van der Waals surface area contributed by atoms with Crippen LogP contribution in [-0.4, -0.2) is 42.5 Å². The fourth-order valence-electron chi connectivity index (χ4n) is 1.90. The Bertz CT molecular complexity index is 595. The molecule has 0 aliphatic carbocycles. The molecule has 1 atom stereocenters. The van der Waals surface area contributed by atoms with E-state index in [2.05, 4.69) is 25.9 Å². The van der Waals surface area contributed by atoms with Crippen molar-refractivity contribution in [3.05, 3.63) is 16.1 Å². The maximum Gasteiger partial charge on any atom is 0.434 e. The number of carbonyl (C=O) groups is 1. The highest BCUT2D eigenvalue weighted by Gasteiger charge is 2.33. The van der Waals surface area contributed by atoms with Crippen LogP contribution < -0.4 is 16.0 Å². The lowest BCUT2D eigenvalue weighted by atomic mass is 10.2. The number of thiazole rings is 1. The van der Waals surface area contributed by atoms with Crippen molar-refractivity contribution in [2.24, 2.45) is 4.99 Å². The Hall–Kier alpha value is -1.11. The highest BCUT2D eigenvalue weighted by atomic mass is 127. The first-order valence-electron chi connectivity index (χ1n) is 8.59. The first kappa shape index (κ1) is 25.9. The molecule has 1 aromatic rings. The van der Waals surface area contributed by atoms with Gasteiger partial charge in [0.05, 0.1) is 5.01 Å². The Kier molecular flexibility index (Phi) is 12.6. The zero-order chi connectivity index (χ0) is 19.6. The number of nitrogens with zero attached hydrogens (tertiary/aromatic N) is 2. The third kappa shape index (κ3) is 10.7. The number of hydrogen-bond acceptors (Lipinski definition) is 4. The number of hydrogen-bond donors (Lipinski definition) is 3. The van der Waals surface area contributed by atoms with Gasteiger partial charge >= 0.3 is 6.18 Å². The van der Waals surface area contributed by atoms with Gasteiger partial charge in [0.1, 0.15) is 0 Å². The molecule has 3 N–H and O–H groups in total. The van der Waals surface area contributed by atoms with E-state index in [9.17, 15) is 18.0 Å². The minimum absolute atomic E-state index is 0. The molecular formula is C16H27F3IN5OS. The molecular weight excluding hydrogens is 494 g/mol. The van der Waals surface area contributed by atoms with Gasteiger partial charge in [0.15, 0.2) is 11.7 Å². The van der Waals surface area contributed by atoms with E-state index < -0.39 is 11.9 Å². The van der Waals surface area contributed by atoms with Gasteiger partial charge in [0.2, 0.25) is 5.91 Å². The number of carbonyl (C=O) groups excluding carboxylic acids is 1. The molecule has 1 amide bonds. The van der Waals surface area contributed by atoms with E-state index in [0.29, 0.717) is 43.4 Å². The number of alkyl halides is 3. The lowest BCUT2D eigenvalue weighted by Gasteiger charge is -2.13. The van der Waals surface area contributed by atoms with E-state index in [1.165, 1.54) is 0 Å². The molecule has 0 spiro atoms. The third-order valence-corrected chi connectivity index (χ3v) is 4.35. The van der Waals surface area contributed by atoms with Crippen LogP contribution in [0, 0.1) is 0 Å². The summed E-state index contributed by atoms with van der Waals surface area (Å²) in [5, 5.41) is 10.4. The number of guanidine groups is 1. The molecule has 1 rings (SSSR count). The lowest BCUT2D eigenvalue weighted by Crippen LogP contribution is -2.40. The molecule has 0 saturated heterocycles. The van der Waals surface area contributed by atoms with Gasteiger partial charge in [-0.25, -0.2) is 4.98 Å². The largest absolute Gasteiger partial charge is 0.434 e. The molecule has 0 saturated carbocycles. The normalized spacial score (nSPS) is 12.9. The van der Waals surface area contributed by atoms with E-state index in [0.717, 1.165) is 23.1 Å². The fourth-order valence-corrected chi connectivity index (χ4v) is 2.70. The second kappa shape index (κ2) is 13.1. The predicted octanol–water partition coefficient (Wildman–Crippen LogP) is 3.18. The number of aromatic nitrogens is 1. The van der Waals surface area contributed by atoms with Crippen LogP contribution in [0.3, 0.4) is 0 Å². The smallest absolute Gasteiger partial charge is 0.357 e. The van der Waals surface area contributed by atoms with E-state index in [1.807, 2.05) is 20.8 Å². The summed E-state index contributed by atoms with van der Waals surface area (Å²) in [6.07, 6.45) is -2.90. The molecule has 156 valence electrons. The average Bonchev–Trinajstić information content (AvgIpc) is 3.04. The summed E-state index contributed by atoms with van der Waals surface area (Å²) in [6.45, 7) is 7.21. The van der Waals surface area contributed by atoms with Crippen LogP contribution >= 0.6 is 35.3 Å². The summed E-state index contributed by atoms with van der Waals surface area (Å²) >= 11 is 0.977. The van der Waals surface area contributed by atoms with E-state index >= 15 is 0 Å². The third-order valence-electron chi connectivity index (χ3n) is 3.45. The minimum Gasteiger partial charge on any atom is -0.357 e. The van der Waals surface area contributed by atoms with Gasteiger partial charge in [-0.2, -0.15) is 13.2 Å². The van der Waals surface area contributed by atoms with E-state index in [4.69, 9.17) is 0 Å². The molecule has 11 heteroatoms. The van der Waals surface area contributed by atoms with E-state index in [-0.39, 0.29) is 35.9 Å². The molecule has 0 fully saturated rings. The summed E-state index contributed by atoms with van der Waals surface area (Å²) in [6, 6.07) is 0.143. The standard InChI is InChI=1S/C16H26F3N5OS.HI/c1-4-11(3)23-13(25)6-8-21-15(20-5-2)22-9-7-14-24-12(10-26-14)16(17,18)19;/h10-11H,4-9H2,1-3H3,(H,23,25)(H2,20,21,22);1H. The Morgan fingerprint density at radius 2 is 2.04 bits per heavy atom. The van der Waals surface area contributed by atoms with Gasteiger partial charge in [0.25, 0.3) is 0 Å². The van der Waals surface area contributed by atoms with Gasteiger partial charge in [0, 0.05) is 43.9 Å². The predicted molar refractivity (Wildman–Crippen MR) is 113 cm³/mol. The first-order valence-corrected chi connectivity index (χ1v) is 9.47. The van der Waals surface area contributed by atoms with Gasteiger partial charge < -0.3 is 16.0 Å². The highest BCUT2D eigenvalue weighted by molar-refractivity contribution is 14.0. The van der Waals surface area contributed by atoms with Gasteiger partial charge in [-0.3, -0.25) is 9.79 Å². The van der Waals surface area contributed by atoms with Crippen molar-refractivity contribution in [3.8, 4) is 0 Å². The monoisotopic (exact) mass is 521 g/mol.